The number of hydrogen-bond donors (Lipinski definition) is 1. The van der Waals surface area contributed by atoms with Gasteiger partial charge in [0, 0.05) is 13.5 Å². The zero-order valence-corrected chi connectivity index (χ0v) is 11.8. The Labute approximate surface area is 123 Å². The lowest BCUT2D eigenvalue weighted by atomic mass is 10.1. The van der Waals surface area contributed by atoms with Crippen LogP contribution in [0.3, 0.4) is 0 Å². The minimum absolute atomic E-state index is 0.0660. The summed E-state index contributed by atoms with van der Waals surface area (Å²) in [4.78, 5) is 6.36. The monoisotopic (exact) mass is 322 g/mol. The average molecular weight is 322 g/mol. The molecule has 5 nitrogen and oxygen atoms in total. The summed E-state index contributed by atoms with van der Waals surface area (Å²) in [6.07, 6.45) is -1.24. The first-order valence-corrected chi connectivity index (χ1v) is 6.49. The van der Waals surface area contributed by atoms with Crippen LogP contribution in [-0.4, -0.2) is 41.5 Å². The van der Waals surface area contributed by atoms with E-state index in [9.17, 15) is 22.7 Å². The van der Waals surface area contributed by atoms with Gasteiger partial charge < -0.3 is 14.6 Å². The average Bonchev–Trinajstić information content (AvgIpc) is 2.45. The Balaban J connectivity index is 2.42. The molecular weight excluding hydrogens is 308 g/mol. The number of nitrogens with zero attached hydrogens (tertiary/aromatic N) is 2. The first kappa shape index (κ1) is 16.6. The van der Waals surface area contributed by atoms with Crippen molar-refractivity contribution in [2.45, 2.75) is 38.2 Å². The van der Waals surface area contributed by atoms with Crippen molar-refractivity contribution in [3.05, 3.63) is 29.1 Å². The van der Waals surface area contributed by atoms with Gasteiger partial charge in [-0.3, -0.25) is 0 Å². The molecule has 0 aliphatic carbocycles. The number of methoxy groups -OCH3 is 1. The summed E-state index contributed by atoms with van der Waals surface area (Å²) in [7, 11) is 1.47. The second-order valence-corrected chi connectivity index (χ2v) is 4.87. The van der Waals surface area contributed by atoms with E-state index in [-0.39, 0.29) is 12.5 Å². The van der Waals surface area contributed by atoms with Crippen molar-refractivity contribution in [2.75, 3.05) is 7.11 Å². The summed E-state index contributed by atoms with van der Waals surface area (Å²) in [5.41, 5.74) is -1.13. The lowest BCUT2D eigenvalue weighted by Crippen LogP contribution is -2.33. The molecule has 0 saturated carbocycles. The maximum atomic E-state index is 13.7. The smallest absolute Gasteiger partial charge is 0.252 e. The molecule has 0 bridgehead atoms. The van der Waals surface area contributed by atoms with Crippen molar-refractivity contribution in [3.8, 4) is 0 Å². The van der Waals surface area contributed by atoms with Crippen LogP contribution < -0.4 is 0 Å². The van der Waals surface area contributed by atoms with Crippen LogP contribution in [0, 0.1) is 23.5 Å². The number of aliphatic imine (C=N–C) groups is 1. The van der Waals surface area contributed by atoms with Gasteiger partial charge >= 0.3 is 0 Å². The van der Waals surface area contributed by atoms with Crippen molar-refractivity contribution in [3.63, 3.8) is 0 Å². The molecule has 1 aromatic heterocycles. The minimum atomic E-state index is -1.82. The first-order valence-electron chi connectivity index (χ1n) is 6.49. The Kier molecular flexibility index (Phi) is 4.97. The van der Waals surface area contributed by atoms with Crippen LogP contribution in [0.25, 0.3) is 0 Å². The third-order valence-electron chi connectivity index (χ3n) is 3.24. The quantitative estimate of drug-likeness (QED) is 0.679. The number of pyridine rings is 1. The molecule has 3 unspecified atom stereocenters. The third-order valence-corrected chi connectivity index (χ3v) is 3.24. The van der Waals surface area contributed by atoms with Crippen molar-refractivity contribution in [1.82, 2.24) is 4.98 Å². The molecule has 2 heterocycles. The van der Waals surface area contributed by atoms with Gasteiger partial charge in [-0.1, -0.05) is 0 Å². The van der Waals surface area contributed by atoms with E-state index in [0.717, 1.165) is 0 Å². The second kappa shape index (κ2) is 6.57. The topological polar surface area (TPSA) is 63.9 Å². The SMILES string of the molecule is COC(C)CC1CC(O)OC(c2c(F)c(F)nc(F)c2F)=N1. The molecule has 0 spiro atoms. The lowest BCUT2D eigenvalue weighted by Gasteiger charge is -2.27. The summed E-state index contributed by atoms with van der Waals surface area (Å²) in [6, 6.07) is -0.577. The highest BCUT2D eigenvalue weighted by molar-refractivity contribution is 5.95. The molecule has 0 amide bonds. The van der Waals surface area contributed by atoms with Gasteiger partial charge in [-0.25, -0.2) is 13.8 Å². The third kappa shape index (κ3) is 3.36. The predicted molar refractivity (Wildman–Crippen MR) is 67.2 cm³/mol. The molecule has 0 saturated heterocycles. The maximum Gasteiger partial charge on any atom is 0.252 e. The molecule has 1 aliphatic rings. The van der Waals surface area contributed by atoms with E-state index in [1.54, 1.807) is 6.92 Å². The largest absolute Gasteiger partial charge is 0.448 e. The summed E-state index contributed by atoms with van der Waals surface area (Å²) in [5, 5.41) is 9.63. The predicted octanol–water partition coefficient (Wildman–Crippen LogP) is 1.92. The van der Waals surface area contributed by atoms with Gasteiger partial charge in [-0.2, -0.15) is 13.8 Å². The Bertz CT molecular complexity index is 571. The molecule has 122 valence electrons. The second-order valence-electron chi connectivity index (χ2n) is 4.87. The number of rotatable bonds is 4. The molecule has 0 radical (unpaired) electrons. The van der Waals surface area contributed by atoms with Crippen LogP contribution in [0.2, 0.25) is 0 Å². The maximum absolute atomic E-state index is 13.7. The molecule has 9 heteroatoms. The standard InChI is InChI=1S/C13H14F4N2O3/c1-5(21-2)3-6-4-7(20)22-13(18-6)8-9(14)11(16)19-12(17)10(8)15/h5-7,20H,3-4H2,1-2H3. The van der Waals surface area contributed by atoms with Crippen molar-refractivity contribution < 1.29 is 32.1 Å². The van der Waals surface area contributed by atoms with E-state index >= 15 is 0 Å². The van der Waals surface area contributed by atoms with Crippen LogP contribution in [0.5, 0.6) is 0 Å². The van der Waals surface area contributed by atoms with Gasteiger partial charge in [0.05, 0.1) is 12.1 Å². The van der Waals surface area contributed by atoms with Gasteiger partial charge in [-0.05, 0) is 13.3 Å². The van der Waals surface area contributed by atoms with Crippen LogP contribution in [0.1, 0.15) is 25.3 Å². The van der Waals surface area contributed by atoms with E-state index in [2.05, 4.69) is 9.98 Å². The Morgan fingerprint density at radius 2 is 1.86 bits per heavy atom. The van der Waals surface area contributed by atoms with E-state index in [4.69, 9.17) is 9.47 Å². The van der Waals surface area contributed by atoms with Crippen molar-refractivity contribution in [2.24, 2.45) is 4.99 Å². The molecule has 2 rings (SSSR count). The number of aliphatic hydroxyl groups excluding tert-OH is 1. The lowest BCUT2D eigenvalue weighted by molar-refractivity contribution is -0.0502. The number of ether oxygens (including phenoxy) is 2. The van der Waals surface area contributed by atoms with Crippen LogP contribution in [-0.2, 0) is 9.47 Å². The van der Waals surface area contributed by atoms with E-state index in [0.29, 0.717) is 6.42 Å². The molecule has 0 fully saturated rings. The summed E-state index contributed by atoms with van der Waals surface area (Å²) in [6.45, 7) is 1.74. The van der Waals surface area contributed by atoms with Gasteiger partial charge in [0.25, 0.3) is 11.9 Å². The number of aromatic nitrogens is 1. The Morgan fingerprint density at radius 1 is 1.27 bits per heavy atom. The Morgan fingerprint density at radius 3 is 2.41 bits per heavy atom. The zero-order valence-electron chi connectivity index (χ0n) is 11.8. The molecule has 3 atom stereocenters. The van der Waals surface area contributed by atoms with Crippen molar-refractivity contribution >= 4 is 5.90 Å². The van der Waals surface area contributed by atoms with Gasteiger partial charge in [0.15, 0.2) is 11.6 Å². The fourth-order valence-electron chi connectivity index (χ4n) is 2.09. The van der Waals surface area contributed by atoms with E-state index < -0.39 is 47.3 Å². The summed E-state index contributed by atoms with van der Waals surface area (Å²) in [5.74, 6) is -7.80. The normalized spacial score (nSPS) is 23.0. The number of aliphatic hydroxyl groups is 1. The number of halogens is 4. The zero-order chi connectivity index (χ0) is 16.4. The molecule has 22 heavy (non-hydrogen) atoms. The molecule has 1 aromatic rings. The summed E-state index contributed by atoms with van der Waals surface area (Å²) >= 11 is 0. The fourth-order valence-corrected chi connectivity index (χ4v) is 2.09. The van der Waals surface area contributed by atoms with Crippen LogP contribution >= 0.6 is 0 Å². The van der Waals surface area contributed by atoms with E-state index in [1.165, 1.54) is 7.11 Å². The van der Waals surface area contributed by atoms with Gasteiger partial charge in [-0.15, -0.1) is 0 Å². The van der Waals surface area contributed by atoms with Gasteiger partial charge in [0.2, 0.25) is 12.2 Å². The molecular formula is C13H14F4N2O3. The molecule has 1 N–H and O–H groups in total. The highest BCUT2D eigenvalue weighted by Gasteiger charge is 2.32. The minimum Gasteiger partial charge on any atom is -0.448 e. The first-order chi connectivity index (χ1) is 10.3. The fraction of sp³-hybridized carbons (Fsp3) is 0.538. The molecule has 0 aromatic carbocycles. The van der Waals surface area contributed by atoms with Crippen LogP contribution in [0.4, 0.5) is 17.6 Å². The highest BCUT2D eigenvalue weighted by atomic mass is 19.2. The summed E-state index contributed by atoms with van der Waals surface area (Å²) < 4.78 is 63.6. The van der Waals surface area contributed by atoms with Crippen molar-refractivity contribution in [1.29, 1.82) is 0 Å². The Hall–Kier alpha value is -1.74. The van der Waals surface area contributed by atoms with Crippen LogP contribution in [0.15, 0.2) is 4.99 Å². The van der Waals surface area contributed by atoms with Gasteiger partial charge in [0.1, 0.15) is 5.56 Å². The molecule has 1 aliphatic heterocycles. The van der Waals surface area contributed by atoms with E-state index in [1.807, 2.05) is 0 Å². The highest BCUT2D eigenvalue weighted by Crippen LogP contribution is 2.24. The number of hydrogen-bond acceptors (Lipinski definition) is 5.